The number of rotatable bonds is 3. The molecule has 0 radical (unpaired) electrons. The van der Waals surface area contributed by atoms with Gasteiger partial charge >= 0.3 is 11.3 Å². The summed E-state index contributed by atoms with van der Waals surface area (Å²) in [5.41, 5.74) is 6.64. The standard InChI is InChI=1S/C30H26ClO2/c1-20-18-24(26-10-3-5-12-28(26)32-20)16-14-22-8-7-9-23(30(22)31)15-17-25-19-21(2)33-29-13-6-4-11-27(25)29/h3-6,10-19H,7-9H2,1-2H3/q+1. The van der Waals surface area contributed by atoms with Crippen LogP contribution in [-0.2, 0) is 0 Å². The van der Waals surface area contributed by atoms with Gasteiger partial charge in [-0.25, -0.2) is 4.42 Å². The third-order valence-corrected chi connectivity index (χ3v) is 6.53. The van der Waals surface area contributed by atoms with Gasteiger partial charge in [-0.15, -0.1) is 0 Å². The first kappa shape index (κ1) is 21.5. The van der Waals surface area contributed by atoms with Crippen LogP contribution in [0.3, 0.4) is 0 Å². The third-order valence-electron chi connectivity index (χ3n) is 6.04. The Morgan fingerprint density at radius 2 is 1.76 bits per heavy atom. The van der Waals surface area contributed by atoms with Crippen molar-refractivity contribution >= 4 is 34.2 Å². The molecule has 1 aliphatic carbocycles. The van der Waals surface area contributed by atoms with Crippen LogP contribution in [0.25, 0.3) is 22.6 Å². The molecule has 0 saturated carbocycles. The van der Waals surface area contributed by atoms with Gasteiger partial charge in [-0.3, -0.25) is 0 Å². The number of benzene rings is 2. The number of fused-ring (bicyclic) bond motifs is 2. The Hall–Kier alpha value is -3.36. The summed E-state index contributed by atoms with van der Waals surface area (Å²) in [6, 6.07) is 18.3. The molecule has 0 N–H and O–H groups in total. The Morgan fingerprint density at radius 3 is 2.67 bits per heavy atom. The number of hydrogen-bond acceptors (Lipinski definition) is 1. The van der Waals surface area contributed by atoms with Crippen LogP contribution in [0, 0.1) is 6.92 Å². The first-order valence-corrected chi connectivity index (χ1v) is 11.7. The van der Waals surface area contributed by atoms with Gasteiger partial charge in [0.2, 0.25) is 0 Å². The fourth-order valence-electron chi connectivity index (χ4n) is 4.45. The van der Waals surface area contributed by atoms with E-state index in [0.29, 0.717) is 0 Å². The normalized spacial score (nSPS) is 18.7. The lowest BCUT2D eigenvalue weighted by atomic mass is 9.93. The summed E-state index contributed by atoms with van der Waals surface area (Å²) in [6.45, 7) is 3.96. The van der Waals surface area contributed by atoms with Crippen molar-refractivity contribution in [2.24, 2.45) is 0 Å². The van der Waals surface area contributed by atoms with Gasteiger partial charge in [0.15, 0.2) is 0 Å². The van der Waals surface area contributed by atoms with Gasteiger partial charge in [0.25, 0.3) is 0 Å². The Kier molecular flexibility index (Phi) is 6.02. The predicted molar refractivity (Wildman–Crippen MR) is 138 cm³/mol. The molecule has 2 heterocycles. The summed E-state index contributed by atoms with van der Waals surface area (Å²) in [5.74, 6) is 2.68. The second-order valence-corrected chi connectivity index (χ2v) is 8.88. The van der Waals surface area contributed by atoms with Crippen molar-refractivity contribution < 1.29 is 9.15 Å². The van der Waals surface area contributed by atoms with Gasteiger partial charge in [-0.1, -0.05) is 66.2 Å². The van der Waals surface area contributed by atoms with E-state index in [9.17, 15) is 0 Å². The second-order valence-electron chi connectivity index (χ2n) is 8.50. The molecule has 0 saturated heterocycles. The molecule has 2 nitrogen and oxygen atoms in total. The van der Waals surface area contributed by atoms with Crippen LogP contribution in [0.2, 0.25) is 0 Å². The van der Waals surface area contributed by atoms with Gasteiger partial charge in [-0.2, -0.15) is 0 Å². The van der Waals surface area contributed by atoms with E-state index in [4.69, 9.17) is 20.8 Å². The lowest BCUT2D eigenvalue weighted by molar-refractivity contribution is 0.422. The highest BCUT2D eigenvalue weighted by Crippen LogP contribution is 2.36. The van der Waals surface area contributed by atoms with Crippen LogP contribution in [0.1, 0.15) is 43.1 Å². The van der Waals surface area contributed by atoms with Crippen LogP contribution in [-0.4, -0.2) is 0 Å². The lowest BCUT2D eigenvalue weighted by Crippen LogP contribution is -2.01. The number of hydrogen-bond donors (Lipinski definition) is 0. The lowest BCUT2D eigenvalue weighted by Gasteiger charge is -2.19. The highest BCUT2D eigenvalue weighted by molar-refractivity contribution is 6.32. The summed E-state index contributed by atoms with van der Waals surface area (Å²) in [4.78, 5) is 0. The van der Waals surface area contributed by atoms with Crippen molar-refractivity contribution in [2.75, 3.05) is 0 Å². The molecule has 0 fully saturated rings. The molecular weight excluding hydrogens is 428 g/mol. The van der Waals surface area contributed by atoms with E-state index in [1.54, 1.807) is 0 Å². The predicted octanol–water partition coefficient (Wildman–Crippen LogP) is 9.02. The van der Waals surface area contributed by atoms with E-state index in [0.717, 1.165) is 69.2 Å². The van der Waals surface area contributed by atoms with Gasteiger partial charge < -0.3 is 4.74 Å². The first-order chi connectivity index (χ1) is 16.1. The molecule has 0 unspecified atom stereocenters. The molecule has 33 heavy (non-hydrogen) atoms. The number of halogens is 1. The average Bonchev–Trinajstić information content (AvgIpc) is 2.82. The van der Waals surface area contributed by atoms with E-state index < -0.39 is 0 Å². The number of aryl methyl sites for hydroxylation is 1. The number of allylic oxidation sites excluding steroid dienone is 9. The van der Waals surface area contributed by atoms with Crippen molar-refractivity contribution in [2.45, 2.75) is 33.1 Å². The molecule has 3 aromatic rings. The fourth-order valence-corrected chi connectivity index (χ4v) is 4.77. The monoisotopic (exact) mass is 453 g/mol. The molecule has 0 bridgehead atoms. The summed E-state index contributed by atoms with van der Waals surface area (Å²) in [6.07, 6.45) is 13.8. The van der Waals surface area contributed by atoms with Gasteiger partial charge in [0.1, 0.15) is 11.5 Å². The summed E-state index contributed by atoms with van der Waals surface area (Å²) in [5, 5.41) is 1.96. The van der Waals surface area contributed by atoms with E-state index >= 15 is 0 Å². The SMILES string of the molecule is CC1=C/C(=C/C=C2\CCCC(/C=C/c3cc(C)[o+]c4ccccc34)=C2Cl)c2ccccc2O1. The van der Waals surface area contributed by atoms with Crippen LogP contribution < -0.4 is 4.74 Å². The molecule has 0 spiro atoms. The maximum Gasteiger partial charge on any atom is 0.360 e. The minimum Gasteiger partial charge on any atom is -0.461 e. The highest BCUT2D eigenvalue weighted by atomic mass is 35.5. The Bertz CT molecular complexity index is 1390. The quantitative estimate of drug-likeness (QED) is 0.368. The molecule has 1 aliphatic heterocycles. The van der Waals surface area contributed by atoms with Crippen LogP contribution in [0.15, 0.2) is 105 Å². The highest BCUT2D eigenvalue weighted by Gasteiger charge is 2.17. The first-order valence-electron chi connectivity index (χ1n) is 11.3. The maximum atomic E-state index is 6.88. The molecule has 1 aromatic heterocycles. The van der Waals surface area contributed by atoms with Crippen molar-refractivity contribution in [3.05, 3.63) is 118 Å². The molecule has 164 valence electrons. The Labute approximate surface area is 199 Å². The van der Waals surface area contributed by atoms with Crippen LogP contribution in [0.5, 0.6) is 5.75 Å². The topological polar surface area (TPSA) is 20.5 Å². The van der Waals surface area contributed by atoms with Gasteiger partial charge in [0.05, 0.1) is 12.3 Å². The fraction of sp³-hybridized carbons (Fsp3) is 0.167. The van der Waals surface area contributed by atoms with E-state index in [-0.39, 0.29) is 0 Å². The zero-order valence-corrected chi connectivity index (χ0v) is 19.7. The van der Waals surface area contributed by atoms with Crippen molar-refractivity contribution in [3.8, 4) is 5.75 Å². The third kappa shape index (κ3) is 4.58. The van der Waals surface area contributed by atoms with Crippen molar-refractivity contribution in [1.29, 1.82) is 0 Å². The molecule has 3 heteroatoms. The zero-order valence-electron chi connectivity index (χ0n) is 18.9. The van der Waals surface area contributed by atoms with Crippen molar-refractivity contribution in [1.82, 2.24) is 0 Å². The van der Waals surface area contributed by atoms with Crippen molar-refractivity contribution in [3.63, 3.8) is 0 Å². The average molecular weight is 454 g/mol. The molecular formula is C30H26ClO2+. The molecule has 0 atom stereocenters. The summed E-state index contributed by atoms with van der Waals surface area (Å²) < 4.78 is 11.7. The largest absolute Gasteiger partial charge is 0.461 e. The summed E-state index contributed by atoms with van der Waals surface area (Å²) >= 11 is 6.88. The minimum absolute atomic E-state index is 0.858. The smallest absolute Gasteiger partial charge is 0.360 e. The maximum absolute atomic E-state index is 6.88. The van der Waals surface area contributed by atoms with E-state index in [1.807, 2.05) is 50.2 Å². The Balaban J connectivity index is 1.48. The molecule has 5 rings (SSSR count). The zero-order chi connectivity index (χ0) is 22.8. The Morgan fingerprint density at radius 1 is 0.939 bits per heavy atom. The van der Waals surface area contributed by atoms with E-state index in [2.05, 4.69) is 48.6 Å². The van der Waals surface area contributed by atoms with E-state index in [1.165, 1.54) is 11.1 Å². The minimum atomic E-state index is 0.858. The van der Waals surface area contributed by atoms with Gasteiger partial charge in [0, 0.05) is 28.3 Å². The number of para-hydroxylation sites is 2. The van der Waals surface area contributed by atoms with Gasteiger partial charge in [-0.05, 0) is 61.1 Å². The molecule has 2 aromatic carbocycles. The number of ether oxygens (including phenoxy) is 1. The van der Waals surface area contributed by atoms with Crippen LogP contribution in [0.4, 0.5) is 0 Å². The molecule has 2 aliphatic rings. The van der Waals surface area contributed by atoms with Crippen LogP contribution >= 0.6 is 11.6 Å². The second kappa shape index (κ2) is 9.25. The molecule has 0 amide bonds. The summed E-state index contributed by atoms with van der Waals surface area (Å²) in [7, 11) is 0.